The monoisotopic (exact) mass is 665 g/mol. The molecule has 0 aliphatic heterocycles. The summed E-state index contributed by atoms with van der Waals surface area (Å²) < 4.78 is 0. The highest BCUT2D eigenvalue weighted by atomic mass is 31.0. The second-order valence-electron chi connectivity index (χ2n) is 12.0. The van der Waals surface area contributed by atoms with Crippen LogP contribution in [-0.2, 0) is 14.4 Å². The zero-order valence-electron chi connectivity index (χ0n) is 27.3. The Balaban J connectivity index is 2.18. The number of rotatable bonds is 29. The van der Waals surface area contributed by atoms with Gasteiger partial charge in [0.25, 0.3) is 5.91 Å². The number of hydrogen-bond donors (Lipinski definition) is 6. The van der Waals surface area contributed by atoms with Gasteiger partial charge in [0.15, 0.2) is 0 Å². The van der Waals surface area contributed by atoms with Crippen molar-refractivity contribution in [3.05, 3.63) is 29.3 Å². The van der Waals surface area contributed by atoms with Crippen LogP contribution in [0.2, 0.25) is 0 Å². The maximum absolute atomic E-state index is 12.6. The SMILES string of the molecule is O=C(O)CCCCCCCCCCCCCCCCCCC(=O)Nc1cc(C(=O)O)cc(C(=O)NCCCC[C@H](NP)C(=O)O)c1. The first-order valence-electron chi connectivity index (χ1n) is 17.0. The lowest BCUT2D eigenvalue weighted by atomic mass is 10.0. The Morgan fingerprint density at radius 1 is 0.609 bits per heavy atom. The normalized spacial score (nSPS) is 11.6. The minimum Gasteiger partial charge on any atom is -0.481 e. The fourth-order valence-electron chi connectivity index (χ4n) is 5.27. The number of carbonyl (C=O) groups excluding carboxylic acids is 2. The predicted molar refractivity (Wildman–Crippen MR) is 183 cm³/mol. The summed E-state index contributed by atoms with van der Waals surface area (Å²) in [6, 6.07) is 3.39. The number of amides is 2. The Labute approximate surface area is 276 Å². The van der Waals surface area contributed by atoms with Crippen molar-refractivity contribution in [2.75, 3.05) is 11.9 Å². The van der Waals surface area contributed by atoms with Crippen molar-refractivity contribution in [3.63, 3.8) is 0 Å². The number of nitrogens with one attached hydrogen (secondary N) is 3. The van der Waals surface area contributed by atoms with Crippen LogP contribution >= 0.6 is 9.39 Å². The van der Waals surface area contributed by atoms with E-state index in [1.54, 1.807) is 0 Å². The van der Waals surface area contributed by atoms with Crippen LogP contribution in [0, 0.1) is 0 Å². The summed E-state index contributed by atoms with van der Waals surface area (Å²) >= 11 is 0. The summed E-state index contributed by atoms with van der Waals surface area (Å²) in [5.74, 6) is -3.53. The second kappa shape index (κ2) is 26.1. The third kappa shape index (κ3) is 20.9. The fourth-order valence-corrected chi connectivity index (χ4v) is 5.58. The van der Waals surface area contributed by atoms with Gasteiger partial charge < -0.3 is 26.0 Å². The molecule has 2 atom stereocenters. The molecule has 0 aliphatic carbocycles. The van der Waals surface area contributed by atoms with Gasteiger partial charge in [0.1, 0.15) is 6.04 Å². The lowest BCUT2D eigenvalue weighted by Crippen LogP contribution is -2.30. The number of carboxylic acid groups (broad SMARTS) is 3. The van der Waals surface area contributed by atoms with E-state index in [9.17, 15) is 29.1 Å². The number of carbonyl (C=O) groups is 5. The molecule has 46 heavy (non-hydrogen) atoms. The van der Waals surface area contributed by atoms with Crippen LogP contribution in [-0.4, -0.2) is 57.6 Å². The predicted octanol–water partition coefficient (Wildman–Crippen LogP) is 7.16. The van der Waals surface area contributed by atoms with Crippen molar-refractivity contribution >= 4 is 44.8 Å². The molecule has 11 nitrogen and oxygen atoms in total. The van der Waals surface area contributed by atoms with Crippen LogP contribution in [0.3, 0.4) is 0 Å². The quantitative estimate of drug-likeness (QED) is 0.0382. The first-order valence-corrected chi connectivity index (χ1v) is 17.6. The summed E-state index contributed by atoms with van der Waals surface area (Å²) in [7, 11) is 2.19. The van der Waals surface area contributed by atoms with Crippen LogP contribution < -0.4 is 15.7 Å². The summed E-state index contributed by atoms with van der Waals surface area (Å²) in [4.78, 5) is 58.3. The number of aliphatic carboxylic acids is 2. The molecular formula is C34H56N3O8P. The number of carboxylic acids is 3. The van der Waals surface area contributed by atoms with Gasteiger partial charge in [-0.1, -0.05) is 99.3 Å². The molecule has 0 aromatic heterocycles. The molecule has 12 heteroatoms. The van der Waals surface area contributed by atoms with Crippen molar-refractivity contribution in [1.82, 2.24) is 10.4 Å². The molecule has 1 rings (SSSR count). The molecule has 0 heterocycles. The van der Waals surface area contributed by atoms with Crippen molar-refractivity contribution < 1.29 is 39.3 Å². The smallest absolute Gasteiger partial charge is 0.335 e. The highest BCUT2D eigenvalue weighted by molar-refractivity contribution is 7.13. The molecule has 0 aliphatic rings. The van der Waals surface area contributed by atoms with Crippen LogP contribution in [0.5, 0.6) is 0 Å². The second-order valence-corrected chi connectivity index (χ2v) is 12.3. The molecule has 260 valence electrons. The van der Waals surface area contributed by atoms with E-state index in [4.69, 9.17) is 10.2 Å². The highest BCUT2D eigenvalue weighted by Gasteiger charge is 2.15. The largest absolute Gasteiger partial charge is 0.481 e. The number of aromatic carboxylic acids is 1. The lowest BCUT2D eigenvalue weighted by Gasteiger charge is -2.12. The molecule has 1 aromatic rings. The summed E-state index contributed by atoms with van der Waals surface area (Å²) in [6.07, 6.45) is 20.3. The Kier molecular flexibility index (Phi) is 23.2. The molecule has 0 fully saturated rings. The zero-order chi connectivity index (χ0) is 34.0. The van der Waals surface area contributed by atoms with Gasteiger partial charge in [0.05, 0.1) is 5.56 Å². The van der Waals surface area contributed by atoms with Crippen LogP contribution in [0.4, 0.5) is 5.69 Å². The fraction of sp³-hybridized carbons (Fsp3) is 0.676. The van der Waals surface area contributed by atoms with Gasteiger partial charge in [-0.05, 0) is 50.3 Å². The summed E-state index contributed by atoms with van der Waals surface area (Å²) in [6.45, 7) is 0.307. The molecule has 0 bridgehead atoms. The van der Waals surface area contributed by atoms with E-state index in [-0.39, 0.29) is 29.1 Å². The van der Waals surface area contributed by atoms with Crippen LogP contribution in [0.15, 0.2) is 18.2 Å². The third-order valence-electron chi connectivity index (χ3n) is 7.97. The van der Waals surface area contributed by atoms with Gasteiger partial charge in [0, 0.05) is 30.6 Å². The average molecular weight is 666 g/mol. The first kappa shape index (κ1) is 41.0. The van der Waals surface area contributed by atoms with Gasteiger partial charge in [-0.2, -0.15) is 0 Å². The van der Waals surface area contributed by atoms with E-state index in [1.807, 2.05) is 0 Å². The Hall–Kier alpha value is -3.04. The van der Waals surface area contributed by atoms with Crippen LogP contribution in [0.25, 0.3) is 0 Å². The van der Waals surface area contributed by atoms with E-state index >= 15 is 0 Å². The summed E-state index contributed by atoms with van der Waals surface area (Å²) in [5, 5.41) is 35.3. The first-order chi connectivity index (χ1) is 22.1. The van der Waals surface area contributed by atoms with Crippen molar-refractivity contribution in [2.45, 2.75) is 141 Å². The zero-order valence-corrected chi connectivity index (χ0v) is 28.5. The molecule has 0 saturated carbocycles. The van der Waals surface area contributed by atoms with Gasteiger partial charge in [-0.3, -0.25) is 24.3 Å². The minimum absolute atomic E-state index is 0.0968. The molecule has 0 saturated heterocycles. The van der Waals surface area contributed by atoms with Gasteiger partial charge >= 0.3 is 17.9 Å². The van der Waals surface area contributed by atoms with Gasteiger partial charge in [0.2, 0.25) is 5.91 Å². The lowest BCUT2D eigenvalue weighted by molar-refractivity contribution is -0.139. The molecule has 1 aromatic carbocycles. The average Bonchev–Trinajstić information content (AvgIpc) is 3.01. The number of anilines is 1. The van der Waals surface area contributed by atoms with Crippen molar-refractivity contribution in [2.24, 2.45) is 0 Å². The molecule has 0 radical (unpaired) electrons. The number of unbranched alkanes of at least 4 members (excludes halogenated alkanes) is 16. The van der Waals surface area contributed by atoms with Crippen molar-refractivity contribution in [1.29, 1.82) is 0 Å². The van der Waals surface area contributed by atoms with E-state index in [0.29, 0.717) is 32.2 Å². The van der Waals surface area contributed by atoms with E-state index in [1.165, 1.54) is 76.0 Å². The minimum atomic E-state index is -1.20. The van der Waals surface area contributed by atoms with E-state index in [2.05, 4.69) is 25.1 Å². The summed E-state index contributed by atoms with van der Waals surface area (Å²) in [5.41, 5.74) is 0.298. The number of benzene rings is 1. The molecule has 1 unspecified atom stereocenters. The highest BCUT2D eigenvalue weighted by Crippen LogP contribution is 2.18. The Morgan fingerprint density at radius 2 is 1.09 bits per heavy atom. The standard InChI is InChI=1S/C34H56N3O8P/c38-30(20-15-13-11-9-7-5-3-1-2-4-6-8-10-12-14-16-21-31(39)40)36-28-24-26(23-27(25-28)33(42)43)32(41)35-22-18-17-19-29(37-46)34(44)45/h23-25,29,37H,1-22,46H2,(H,35,41)(H,36,38)(H,39,40)(H,42,43)(H,44,45)/t29-/m0/s1. The number of hydrogen-bond acceptors (Lipinski definition) is 6. The van der Waals surface area contributed by atoms with E-state index < -0.39 is 29.9 Å². The maximum Gasteiger partial charge on any atom is 0.335 e. The molecule has 2 amide bonds. The molecule has 6 N–H and O–H groups in total. The molecule has 0 spiro atoms. The Morgan fingerprint density at radius 3 is 1.54 bits per heavy atom. The third-order valence-corrected chi connectivity index (χ3v) is 8.38. The molecular weight excluding hydrogens is 609 g/mol. The Bertz CT molecular complexity index is 1070. The van der Waals surface area contributed by atoms with Gasteiger partial charge in [-0.15, -0.1) is 0 Å². The topological polar surface area (TPSA) is 182 Å². The van der Waals surface area contributed by atoms with Crippen LogP contribution in [0.1, 0.15) is 156 Å². The maximum atomic E-state index is 12.6. The van der Waals surface area contributed by atoms with Gasteiger partial charge in [-0.25, -0.2) is 4.79 Å². The van der Waals surface area contributed by atoms with Crippen molar-refractivity contribution in [3.8, 4) is 0 Å². The van der Waals surface area contributed by atoms with E-state index in [0.717, 1.165) is 44.9 Å².